The number of thiophene rings is 1. The van der Waals surface area contributed by atoms with E-state index in [2.05, 4.69) is 165 Å². The fraction of sp³-hybridized carbons (Fsp3) is 0.0238. The highest BCUT2D eigenvalue weighted by atomic mass is 32.1. The molecular formula is C42H26N3S+. The first-order valence-corrected chi connectivity index (χ1v) is 16.6. The molecule has 214 valence electrons. The zero-order chi connectivity index (χ0) is 29.9. The van der Waals surface area contributed by atoms with Crippen molar-refractivity contribution in [3.8, 4) is 5.69 Å². The summed E-state index contributed by atoms with van der Waals surface area (Å²) in [5.74, 6) is 0. The van der Waals surface area contributed by atoms with Gasteiger partial charge in [-0.15, -0.1) is 11.3 Å². The second-order valence-electron chi connectivity index (χ2n) is 12.3. The van der Waals surface area contributed by atoms with E-state index in [9.17, 15) is 0 Å². The zero-order valence-corrected chi connectivity index (χ0v) is 25.6. The average molecular weight is 605 g/mol. The minimum atomic E-state index is 0.0785. The van der Waals surface area contributed by atoms with Gasteiger partial charge in [-0.3, -0.25) is 0 Å². The van der Waals surface area contributed by atoms with Gasteiger partial charge in [-0.05, 0) is 42.5 Å². The lowest BCUT2D eigenvalue weighted by Gasteiger charge is -2.24. The van der Waals surface area contributed by atoms with E-state index in [4.69, 9.17) is 0 Å². The van der Waals surface area contributed by atoms with Crippen LogP contribution in [0, 0.1) is 0 Å². The summed E-state index contributed by atoms with van der Waals surface area (Å²) in [7, 11) is 0. The molecule has 11 rings (SSSR count). The van der Waals surface area contributed by atoms with Gasteiger partial charge in [0.2, 0.25) is 17.1 Å². The molecule has 6 aromatic carbocycles. The highest BCUT2D eigenvalue weighted by molar-refractivity contribution is 7.25. The molecule has 0 bridgehead atoms. The van der Waals surface area contributed by atoms with Crippen LogP contribution in [0.4, 0.5) is 11.4 Å². The van der Waals surface area contributed by atoms with Crippen molar-refractivity contribution in [1.29, 1.82) is 0 Å². The summed E-state index contributed by atoms with van der Waals surface area (Å²) < 4.78 is 10.2. The summed E-state index contributed by atoms with van der Waals surface area (Å²) in [6, 6.07) is 47.0. The predicted octanol–water partition coefficient (Wildman–Crippen LogP) is 11.2. The third-order valence-electron chi connectivity index (χ3n) is 9.99. The number of benzene rings is 6. The average Bonchev–Trinajstić information content (AvgIpc) is 3.77. The van der Waals surface area contributed by atoms with E-state index in [1.807, 2.05) is 11.3 Å². The van der Waals surface area contributed by atoms with E-state index in [0.717, 1.165) is 0 Å². The van der Waals surface area contributed by atoms with Gasteiger partial charge < -0.3 is 9.13 Å². The van der Waals surface area contributed by atoms with Crippen molar-refractivity contribution in [3.05, 3.63) is 152 Å². The molecule has 1 aliphatic carbocycles. The number of hydrogen-bond donors (Lipinski definition) is 0. The van der Waals surface area contributed by atoms with Crippen molar-refractivity contribution in [2.24, 2.45) is 0 Å². The summed E-state index contributed by atoms with van der Waals surface area (Å²) in [4.78, 5) is 0. The molecular weight excluding hydrogens is 579 g/mol. The van der Waals surface area contributed by atoms with Gasteiger partial charge in [0.1, 0.15) is 11.6 Å². The topological polar surface area (TPSA) is 12.9 Å². The Balaban J connectivity index is 1.27. The minimum Gasteiger partial charge on any atom is -0.318 e. The SMILES string of the molecule is C1=CC2=[N+](c3ccc4sc5ccccc5c4c3)c3cccc4c5c6c7ccccc7n(-c7ccccc7)c6ccc5n(c34)C2C=C1. The van der Waals surface area contributed by atoms with Crippen LogP contribution in [0.5, 0.6) is 0 Å². The lowest BCUT2D eigenvalue weighted by Crippen LogP contribution is -2.30. The zero-order valence-electron chi connectivity index (χ0n) is 24.8. The molecule has 0 saturated carbocycles. The predicted molar refractivity (Wildman–Crippen MR) is 197 cm³/mol. The summed E-state index contributed by atoms with van der Waals surface area (Å²) in [5.41, 5.74) is 9.89. The van der Waals surface area contributed by atoms with Crippen molar-refractivity contribution < 1.29 is 0 Å². The molecule has 1 atom stereocenters. The van der Waals surface area contributed by atoms with Crippen LogP contribution < -0.4 is 4.58 Å². The van der Waals surface area contributed by atoms with Crippen molar-refractivity contribution in [1.82, 2.24) is 13.7 Å². The summed E-state index contributed by atoms with van der Waals surface area (Å²) in [6.07, 6.45) is 9.04. The highest BCUT2D eigenvalue weighted by Gasteiger charge is 2.38. The number of fused-ring (bicyclic) bond motifs is 12. The lowest BCUT2D eigenvalue weighted by molar-refractivity contribution is 0.781. The maximum absolute atomic E-state index is 2.58. The number of aromatic nitrogens is 2. The van der Waals surface area contributed by atoms with Gasteiger partial charge in [-0.1, -0.05) is 85.0 Å². The van der Waals surface area contributed by atoms with Gasteiger partial charge in [0, 0.05) is 71.7 Å². The third-order valence-corrected chi connectivity index (χ3v) is 11.1. The number of hydrogen-bond acceptors (Lipinski definition) is 1. The molecule has 0 amide bonds. The molecule has 46 heavy (non-hydrogen) atoms. The van der Waals surface area contributed by atoms with Crippen molar-refractivity contribution >= 4 is 92.2 Å². The Kier molecular flexibility index (Phi) is 4.78. The molecule has 0 spiro atoms. The molecule has 2 aliphatic rings. The molecule has 0 N–H and O–H groups in total. The fourth-order valence-electron chi connectivity index (χ4n) is 8.18. The first kappa shape index (κ1) is 24.6. The first-order valence-electron chi connectivity index (χ1n) is 15.8. The van der Waals surface area contributed by atoms with Crippen LogP contribution in [0.25, 0.3) is 69.5 Å². The van der Waals surface area contributed by atoms with E-state index in [1.165, 1.54) is 86.6 Å². The van der Waals surface area contributed by atoms with Crippen molar-refractivity contribution in [2.75, 3.05) is 0 Å². The smallest absolute Gasteiger partial charge is 0.235 e. The van der Waals surface area contributed by atoms with E-state index >= 15 is 0 Å². The van der Waals surface area contributed by atoms with E-state index in [-0.39, 0.29) is 6.04 Å². The Morgan fingerprint density at radius 1 is 0.565 bits per heavy atom. The summed E-state index contributed by atoms with van der Waals surface area (Å²) >= 11 is 1.87. The maximum atomic E-state index is 2.58. The minimum absolute atomic E-state index is 0.0785. The monoisotopic (exact) mass is 604 g/mol. The van der Waals surface area contributed by atoms with Crippen LogP contribution in [0.3, 0.4) is 0 Å². The van der Waals surface area contributed by atoms with Gasteiger partial charge in [0.25, 0.3) is 0 Å². The highest BCUT2D eigenvalue weighted by Crippen LogP contribution is 2.48. The molecule has 9 aromatic rings. The normalized spacial score (nSPS) is 15.8. The lowest BCUT2D eigenvalue weighted by atomic mass is 10.0. The number of allylic oxidation sites excluding steroid dienone is 4. The molecule has 3 nitrogen and oxygen atoms in total. The second-order valence-corrected chi connectivity index (χ2v) is 13.4. The second kappa shape index (κ2) is 8.94. The number of para-hydroxylation sites is 3. The standard InChI is InChI=1S/C42H26N3S/c1-2-11-26(12-3-1)43-32-16-6-4-14-29(32)40-35(43)22-23-36-41(40)30-15-10-19-37-42(30)45(36)34-18-8-7-17-33(34)44(37)27-21-24-39-31(25-27)28-13-5-9-20-38(28)46-39/h1-25,34H/q+1. The Hall–Kier alpha value is -5.71. The van der Waals surface area contributed by atoms with Crippen molar-refractivity contribution in [3.63, 3.8) is 0 Å². The Morgan fingerprint density at radius 3 is 2.26 bits per heavy atom. The molecule has 3 aromatic heterocycles. The number of nitrogens with zero attached hydrogens (tertiary/aromatic N) is 3. The molecule has 0 fully saturated rings. The van der Waals surface area contributed by atoms with Crippen LogP contribution >= 0.6 is 11.3 Å². The third kappa shape index (κ3) is 3.09. The van der Waals surface area contributed by atoms with E-state index in [1.54, 1.807) is 0 Å². The molecule has 1 aliphatic heterocycles. The summed E-state index contributed by atoms with van der Waals surface area (Å²) in [6.45, 7) is 0. The van der Waals surface area contributed by atoms with Gasteiger partial charge in [0.15, 0.2) is 0 Å². The molecule has 4 heteroatoms. The fourth-order valence-corrected chi connectivity index (χ4v) is 9.27. The molecule has 1 unspecified atom stereocenters. The quantitative estimate of drug-likeness (QED) is 0.174. The van der Waals surface area contributed by atoms with Crippen LogP contribution in [0.2, 0.25) is 0 Å². The Bertz CT molecular complexity index is 2860. The molecule has 0 radical (unpaired) electrons. The molecule has 4 heterocycles. The van der Waals surface area contributed by atoms with Crippen LogP contribution in [0.15, 0.2) is 152 Å². The number of rotatable bonds is 2. The van der Waals surface area contributed by atoms with Crippen LogP contribution in [-0.2, 0) is 0 Å². The van der Waals surface area contributed by atoms with Gasteiger partial charge in [0.05, 0.1) is 16.6 Å². The van der Waals surface area contributed by atoms with E-state index in [0.29, 0.717) is 0 Å². The Labute approximate surface area is 268 Å². The Morgan fingerprint density at radius 2 is 1.33 bits per heavy atom. The maximum Gasteiger partial charge on any atom is 0.235 e. The van der Waals surface area contributed by atoms with Crippen LogP contribution in [-0.4, -0.2) is 14.8 Å². The van der Waals surface area contributed by atoms with Gasteiger partial charge >= 0.3 is 0 Å². The largest absolute Gasteiger partial charge is 0.318 e. The van der Waals surface area contributed by atoms with E-state index < -0.39 is 0 Å². The van der Waals surface area contributed by atoms with Gasteiger partial charge in [-0.25, -0.2) is 0 Å². The van der Waals surface area contributed by atoms with Crippen LogP contribution in [0.1, 0.15) is 6.04 Å². The first-order chi connectivity index (χ1) is 22.8. The van der Waals surface area contributed by atoms with Gasteiger partial charge in [-0.2, -0.15) is 4.58 Å². The summed E-state index contributed by atoms with van der Waals surface area (Å²) in [5, 5.41) is 7.86. The van der Waals surface area contributed by atoms with Crippen molar-refractivity contribution in [2.45, 2.75) is 6.04 Å². The molecule has 0 saturated heterocycles.